The van der Waals surface area contributed by atoms with Gasteiger partial charge in [0.25, 0.3) is 11.8 Å². The van der Waals surface area contributed by atoms with E-state index in [0.717, 1.165) is 10.2 Å². The number of rotatable bonds is 10. The van der Waals surface area contributed by atoms with Crippen LogP contribution in [0.1, 0.15) is 0 Å². The van der Waals surface area contributed by atoms with E-state index in [2.05, 4.69) is 0 Å². The Balaban J connectivity index is 2.02. The Morgan fingerprint density at radius 1 is 0.600 bits per heavy atom. The lowest BCUT2D eigenvalue weighted by molar-refractivity contribution is -0.416. The molecule has 0 spiro atoms. The third-order valence-corrected chi connectivity index (χ3v) is 4.78. The average molecular weight is 442 g/mol. The van der Waals surface area contributed by atoms with Gasteiger partial charge >= 0.3 is 0 Å². The topological polar surface area (TPSA) is 249 Å². The predicted molar refractivity (Wildman–Crippen MR) is 89.3 cm³/mol. The highest BCUT2D eigenvalue weighted by molar-refractivity contribution is 5.85. The first kappa shape index (κ1) is 24.7. The predicted octanol–water partition coefficient (Wildman–Crippen LogP) is -8.19. The van der Waals surface area contributed by atoms with Crippen LogP contribution in [-0.2, 0) is 9.59 Å². The molecule has 0 unspecified atom stereocenters. The molecule has 0 radical (unpaired) electrons. The molecular weight excluding hydrogens is 416 g/mol. The van der Waals surface area contributed by atoms with Crippen molar-refractivity contribution in [3.63, 3.8) is 0 Å². The fourth-order valence-electron chi connectivity index (χ4n) is 2.95. The first-order chi connectivity index (χ1) is 14.0. The minimum absolute atomic E-state index is 0.00669. The van der Waals surface area contributed by atoms with Crippen LogP contribution < -0.4 is 0 Å². The van der Waals surface area contributed by atoms with Gasteiger partial charge in [-0.2, -0.15) is 10.2 Å². The molecule has 16 nitrogen and oxygen atoms in total. The van der Waals surface area contributed by atoms with Crippen molar-refractivity contribution >= 4 is 11.8 Å². The first-order valence-electron chi connectivity index (χ1n) is 8.88. The number of nitrogens with zero attached hydrogens (tertiary/aromatic N) is 4. The zero-order chi connectivity index (χ0) is 22.9. The minimum atomic E-state index is -2.25. The molecule has 0 aromatic rings. The van der Waals surface area contributed by atoms with Gasteiger partial charge in [-0.25, -0.2) is 0 Å². The molecule has 174 valence electrons. The standard InChI is InChI=1S/C14H26N4O12/c19-3-5(21)7(23)9(25)11(27)13(29)17-15-1-2-16(17)18(15)14(30)12(28)10(26)8(24)6(22)4-20/h5-12,19-28H,1-4H2/t5-,6-,7-,8-,9+,10+,11-,12-/m1/s1. The Kier molecular flexibility index (Phi) is 8.02. The second-order valence-corrected chi connectivity index (χ2v) is 6.80. The summed E-state index contributed by atoms with van der Waals surface area (Å²) >= 11 is 0. The Hall–Kier alpha value is -1.54. The SMILES string of the molecule is O=C([C@H](O)[C@@H](O)[C@H](O)[C@H](O)CO)N1N2CCN1N2C(=O)[C@H](O)[C@@H](O)[C@H](O)[C@H](O)CO. The summed E-state index contributed by atoms with van der Waals surface area (Å²) in [5.74, 6) is -2.42. The van der Waals surface area contributed by atoms with Crippen molar-refractivity contribution in [1.29, 1.82) is 0 Å². The molecule has 3 aliphatic rings. The second kappa shape index (κ2) is 9.73. The van der Waals surface area contributed by atoms with Gasteiger partial charge in [-0.15, -0.1) is 0 Å². The van der Waals surface area contributed by atoms with Crippen LogP contribution in [0.4, 0.5) is 0 Å². The molecule has 2 bridgehead atoms. The largest absolute Gasteiger partial charge is 0.394 e. The van der Waals surface area contributed by atoms with Crippen molar-refractivity contribution in [2.24, 2.45) is 0 Å². The van der Waals surface area contributed by atoms with E-state index >= 15 is 0 Å². The Morgan fingerprint density at radius 2 is 0.900 bits per heavy atom. The molecule has 3 saturated heterocycles. The molecule has 10 N–H and O–H groups in total. The molecule has 8 atom stereocenters. The van der Waals surface area contributed by atoms with Gasteiger partial charge in [0.2, 0.25) is 0 Å². The van der Waals surface area contributed by atoms with E-state index < -0.39 is 73.9 Å². The number of carbonyl (C=O) groups excluding carboxylic acids is 2. The molecule has 2 amide bonds. The Labute approximate surface area is 169 Å². The average Bonchev–Trinajstić information content (AvgIpc) is 3.38. The monoisotopic (exact) mass is 442 g/mol. The van der Waals surface area contributed by atoms with E-state index in [1.165, 1.54) is 0 Å². The van der Waals surface area contributed by atoms with Crippen LogP contribution in [0.15, 0.2) is 0 Å². The molecule has 3 rings (SSSR count). The van der Waals surface area contributed by atoms with Crippen LogP contribution in [0.25, 0.3) is 0 Å². The third-order valence-electron chi connectivity index (χ3n) is 4.78. The van der Waals surface area contributed by atoms with Crippen molar-refractivity contribution in [1.82, 2.24) is 20.5 Å². The summed E-state index contributed by atoms with van der Waals surface area (Å²) in [6, 6.07) is 0. The normalized spacial score (nSPS) is 28.7. The zero-order valence-electron chi connectivity index (χ0n) is 15.5. The summed E-state index contributed by atoms with van der Waals surface area (Å²) in [5, 5.41) is 98.1. The maximum atomic E-state index is 12.4. The van der Waals surface area contributed by atoms with E-state index in [1.807, 2.05) is 0 Å². The number of amides is 2. The molecule has 3 fully saturated rings. The van der Waals surface area contributed by atoms with Gasteiger partial charge in [0.05, 0.1) is 26.3 Å². The molecular formula is C14H26N4O12. The third kappa shape index (κ3) is 4.26. The van der Waals surface area contributed by atoms with Crippen molar-refractivity contribution in [2.45, 2.75) is 48.8 Å². The van der Waals surface area contributed by atoms with Gasteiger partial charge in [-0.05, 0) is 0 Å². The molecule has 16 heteroatoms. The van der Waals surface area contributed by atoms with E-state index in [1.54, 1.807) is 0 Å². The van der Waals surface area contributed by atoms with Crippen molar-refractivity contribution < 1.29 is 60.7 Å². The smallest absolute Gasteiger partial charge is 0.286 e. The summed E-state index contributed by atoms with van der Waals surface area (Å²) in [4.78, 5) is 24.8. The lowest BCUT2D eigenvalue weighted by Crippen LogP contribution is -2.77. The number of fused-ring (bicyclic) bond motifs is 1. The van der Waals surface area contributed by atoms with Crippen molar-refractivity contribution in [2.75, 3.05) is 26.3 Å². The number of hydrogen-bond acceptors (Lipinski definition) is 14. The number of aliphatic hydroxyl groups is 10. The van der Waals surface area contributed by atoms with Crippen LogP contribution in [-0.4, -0.2) is 158 Å². The summed E-state index contributed by atoms with van der Waals surface area (Å²) in [7, 11) is 0. The zero-order valence-corrected chi connectivity index (χ0v) is 15.5. The van der Waals surface area contributed by atoms with Crippen molar-refractivity contribution in [3.8, 4) is 0 Å². The fraction of sp³-hybridized carbons (Fsp3) is 0.857. The number of hydrogen-bond donors (Lipinski definition) is 10. The van der Waals surface area contributed by atoms with Gasteiger partial charge in [0.1, 0.15) is 36.6 Å². The Morgan fingerprint density at radius 3 is 1.17 bits per heavy atom. The number of carbonyl (C=O) groups is 2. The van der Waals surface area contributed by atoms with E-state index in [-0.39, 0.29) is 13.1 Å². The summed E-state index contributed by atoms with van der Waals surface area (Å²) in [5.41, 5.74) is 0. The fourth-order valence-corrected chi connectivity index (χ4v) is 2.95. The van der Waals surface area contributed by atoms with Crippen LogP contribution in [0.5, 0.6) is 0 Å². The van der Waals surface area contributed by atoms with Crippen LogP contribution in [0.3, 0.4) is 0 Å². The molecule has 3 aliphatic heterocycles. The highest BCUT2D eigenvalue weighted by Gasteiger charge is 2.58. The molecule has 30 heavy (non-hydrogen) atoms. The molecule has 3 heterocycles. The molecule has 0 aromatic heterocycles. The maximum Gasteiger partial charge on any atom is 0.286 e. The van der Waals surface area contributed by atoms with Crippen LogP contribution in [0.2, 0.25) is 0 Å². The van der Waals surface area contributed by atoms with Gasteiger partial charge in [0, 0.05) is 0 Å². The minimum Gasteiger partial charge on any atom is -0.394 e. The molecule has 0 saturated carbocycles. The number of hydrazine groups is 4. The lowest BCUT2D eigenvalue weighted by Gasteiger charge is -2.52. The number of aliphatic hydroxyl groups excluding tert-OH is 10. The van der Waals surface area contributed by atoms with Gasteiger partial charge < -0.3 is 51.1 Å². The quantitative estimate of drug-likeness (QED) is 0.151. The molecule has 0 aromatic carbocycles. The Bertz CT molecular complexity index is 568. The highest BCUT2D eigenvalue weighted by Crippen LogP contribution is 2.32. The lowest BCUT2D eigenvalue weighted by atomic mass is 10.0. The maximum absolute atomic E-state index is 12.4. The summed E-state index contributed by atoms with van der Waals surface area (Å²) in [6.45, 7) is -1.87. The highest BCUT2D eigenvalue weighted by atomic mass is 16.4. The van der Waals surface area contributed by atoms with Crippen LogP contribution >= 0.6 is 0 Å². The van der Waals surface area contributed by atoms with Gasteiger partial charge in [-0.3, -0.25) is 9.59 Å². The summed E-state index contributed by atoms with van der Waals surface area (Å²) < 4.78 is 0. The van der Waals surface area contributed by atoms with Gasteiger partial charge in [0.15, 0.2) is 12.2 Å². The second-order valence-electron chi connectivity index (χ2n) is 6.80. The molecule has 0 aliphatic carbocycles. The van der Waals surface area contributed by atoms with Crippen LogP contribution in [0, 0.1) is 0 Å². The van der Waals surface area contributed by atoms with E-state index in [9.17, 15) is 50.4 Å². The van der Waals surface area contributed by atoms with E-state index in [4.69, 9.17) is 10.2 Å². The van der Waals surface area contributed by atoms with Gasteiger partial charge in [-0.1, -0.05) is 10.2 Å². The first-order valence-corrected chi connectivity index (χ1v) is 8.88. The van der Waals surface area contributed by atoms with Crippen molar-refractivity contribution in [3.05, 3.63) is 0 Å². The summed E-state index contributed by atoms with van der Waals surface area (Å²) in [6.07, 6.45) is -16.6. The van der Waals surface area contributed by atoms with E-state index in [0.29, 0.717) is 10.2 Å².